The van der Waals surface area contributed by atoms with Crippen LogP contribution < -0.4 is 5.19 Å². The fraction of sp³-hybridized carbons (Fsp3) is 0.481. The van der Waals surface area contributed by atoms with Crippen molar-refractivity contribution in [3.63, 3.8) is 0 Å². The Morgan fingerprint density at radius 3 is 2.36 bits per heavy atom. The van der Waals surface area contributed by atoms with Crippen molar-refractivity contribution in [2.24, 2.45) is 0 Å². The van der Waals surface area contributed by atoms with Crippen LogP contribution >= 0.6 is 0 Å². The number of benzene rings is 1. The first-order valence-corrected chi connectivity index (χ1v) is 15.9. The number of aliphatic carboxylic acids is 1. The summed E-state index contributed by atoms with van der Waals surface area (Å²) < 4.78 is 29.7. The van der Waals surface area contributed by atoms with E-state index in [9.17, 15) is 23.2 Å². The number of amides is 1. The number of ketones is 1. The average Bonchev–Trinajstić information content (AvgIpc) is 2.76. The number of rotatable bonds is 10. The highest BCUT2D eigenvalue weighted by atomic mass is 28.3. The molecule has 0 bridgehead atoms. The molecule has 1 aliphatic heterocycles. The molecule has 6 nitrogen and oxygen atoms in total. The lowest BCUT2D eigenvalue weighted by atomic mass is 9.90. The monoisotopic (exact) mass is 516 g/mol. The molecule has 0 fully saturated rings. The van der Waals surface area contributed by atoms with Crippen molar-refractivity contribution >= 4 is 30.9 Å². The lowest BCUT2D eigenvalue weighted by Gasteiger charge is -2.36. The van der Waals surface area contributed by atoms with Crippen molar-refractivity contribution in [2.75, 3.05) is 6.54 Å². The van der Waals surface area contributed by atoms with Crippen molar-refractivity contribution in [1.29, 1.82) is 0 Å². The zero-order valence-electron chi connectivity index (χ0n) is 21.4. The summed E-state index contributed by atoms with van der Waals surface area (Å²) in [6, 6.07) is 5.18. The van der Waals surface area contributed by atoms with Crippen molar-refractivity contribution in [2.45, 2.75) is 77.6 Å². The highest BCUT2D eigenvalue weighted by molar-refractivity contribution is 6.88. The average molecular weight is 517 g/mol. The van der Waals surface area contributed by atoms with Crippen LogP contribution in [0.5, 0.6) is 0 Å². The highest BCUT2D eigenvalue weighted by Crippen LogP contribution is 2.32. The Morgan fingerprint density at radius 1 is 1.11 bits per heavy atom. The Morgan fingerprint density at radius 2 is 1.78 bits per heavy atom. The summed E-state index contributed by atoms with van der Waals surface area (Å²) in [4.78, 5) is 43.7. The molecule has 0 aliphatic carbocycles. The number of Topliss-reactive ketones (excluding diaryl/α,β-unsaturated/α-hetero) is 1. The van der Waals surface area contributed by atoms with Gasteiger partial charge in [0, 0.05) is 54.4 Å². The van der Waals surface area contributed by atoms with E-state index in [0.29, 0.717) is 12.0 Å². The zero-order chi connectivity index (χ0) is 26.6. The van der Waals surface area contributed by atoms with Gasteiger partial charge >= 0.3 is 5.97 Å². The third-order valence-electron chi connectivity index (χ3n) is 6.41. The molecule has 1 aromatic carbocycles. The largest absolute Gasteiger partial charge is 0.481 e. The number of halogens is 2. The van der Waals surface area contributed by atoms with E-state index in [1.807, 2.05) is 31.8 Å². The second-order valence-corrected chi connectivity index (χ2v) is 15.4. The predicted molar refractivity (Wildman–Crippen MR) is 136 cm³/mol. The maximum atomic E-state index is 14.8. The number of nitrogens with zero attached hydrogens (tertiary/aromatic N) is 2. The van der Waals surface area contributed by atoms with Crippen LogP contribution in [0.3, 0.4) is 0 Å². The minimum atomic E-state index is -2.26. The van der Waals surface area contributed by atoms with Crippen LogP contribution in [0, 0.1) is 11.6 Å². The van der Waals surface area contributed by atoms with Gasteiger partial charge in [-0.15, -0.1) is 0 Å². The molecule has 2 heterocycles. The zero-order valence-corrected chi connectivity index (χ0v) is 22.4. The van der Waals surface area contributed by atoms with E-state index in [1.165, 1.54) is 17.0 Å². The van der Waals surface area contributed by atoms with E-state index in [1.54, 1.807) is 0 Å². The maximum Gasteiger partial charge on any atom is 0.303 e. The molecule has 36 heavy (non-hydrogen) atoms. The number of carboxylic acid groups (broad SMARTS) is 1. The van der Waals surface area contributed by atoms with Crippen LogP contribution in [0.25, 0.3) is 0 Å². The van der Waals surface area contributed by atoms with Gasteiger partial charge in [0.25, 0.3) is 0 Å². The van der Waals surface area contributed by atoms with Gasteiger partial charge in [-0.1, -0.05) is 39.1 Å². The minimum absolute atomic E-state index is 0.000917. The highest BCUT2D eigenvalue weighted by Gasteiger charge is 2.36. The Labute approximate surface area is 211 Å². The van der Waals surface area contributed by atoms with Crippen LogP contribution in [-0.2, 0) is 33.6 Å². The molecule has 2 aromatic rings. The second kappa shape index (κ2) is 11.4. The lowest BCUT2D eigenvalue weighted by Crippen LogP contribution is -2.44. The standard InChI is InChI=1S/C27H34F2N2O4Si/c1-5-7-18-10-11-19-22(30-18)12-13-31(24(33)8-6-9-25(34)35)26(19)23(32)16-17-14-20(28)27(21(29)15-17)36(2,3)4/h10-11,14-15,26H,5-9,12-13,16H2,1-4H3,(H,34,35)/t26-/m1/s1. The summed E-state index contributed by atoms with van der Waals surface area (Å²) in [7, 11) is -2.26. The fourth-order valence-electron chi connectivity index (χ4n) is 4.82. The number of aromatic nitrogens is 1. The quantitative estimate of drug-likeness (QED) is 0.475. The summed E-state index contributed by atoms with van der Waals surface area (Å²) in [6.45, 7) is 7.88. The molecule has 0 radical (unpaired) electrons. The Kier molecular flexibility index (Phi) is 8.76. The van der Waals surface area contributed by atoms with Gasteiger partial charge < -0.3 is 10.0 Å². The Balaban J connectivity index is 1.93. The Bertz CT molecular complexity index is 1140. The van der Waals surface area contributed by atoms with Crippen molar-refractivity contribution in [1.82, 2.24) is 9.88 Å². The molecule has 3 rings (SSSR count). The summed E-state index contributed by atoms with van der Waals surface area (Å²) in [6.07, 6.45) is 1.99. The maximum absolute atomic E-state index is 14.8. The SMILES string of the molecule is CCCc1ccc2c(n1)CCN(C(=O)CCCC(=O)O)[C@H]2C(=O)Cc1cc(F)c([Si](C)(C)C)c(F)c1. The molecule has 0 saturated heterocycles. The smallest absolute Gasteiger partial charge is 0.303 e. The van der Waals surface area contributed by atoms with E-state index < -0.39 is 31.7 Å². The van der Waals surface area contributed by atoms with E-state index in [0.717, 1.165) is 24.2 Å². The van der Waals surface area contributed by atoms with Crippen molar-refractivity contribution in [3.05, 3.63) is 58.4 Å². The molecule has 1 N–H and O–H groups in total. The number of carbonyl (C=O) groups excluding carboxylic acids is 2. The first-order valence-electron chi connectivity index (χ1n) is 12.4. The van der Waals surface area contributed by atoms with Gasteiger partial charge in [0.2, 0.25) is 5.91 Å². The number of carboxylic acids is 1. The molecule has 1 amide bonds. The van der Waals surface area contributed by atoms with E-state index in [4.69, 9.17) is 10.1 Å². The van der Waals surface area contributed by atoms with Crippen LogP contribution in [-0.4, -0.2) is 47.3 Å². The van der Waals surface area contributed by atoms with Crippen molar-refractivity contribution in [3.8, 4) is 0 Å². The summed E-state index contributed by atoms with van der Waals surface area (Å²) in [5.41, 5.74) is 2.51. The van der Waals surface area contributed by atoms with Gasteiger partial charge in [-0.3, -0.25) is 19.4 Å². The molecule has 1 atom stereocenters. The first-order chi connectivity index (χ1) is 16.9. The number of hydrogen-bond acceptors (Lipinski definition) is 4. The third kappa shape index (κ3) is 6.43. The topological polar surface area (TPSA) is 87.6 Å². The summed E-state index contributed by atoms with van der Waals surface area (Å²) in [5.74, 6) is -2.95. The lowest BCUT2D eigenvalue weighted by molar-refractivity contribution is -0.141. The normalized spacial score (nSPS) is 15.5. The van der Waals surface area contributed by atoms with Gasteiger partial charge in [-0.2, -0.15) is 0 Å². The minimum Gasteiger partial charge on any atom is -0.481 e. The van der Waals surface area contributed by atoms with Crippen molar-refractivity contribution < 1.29 is 28.3 Å². The van der Waals surface area contributed by atoms with E-state index in [2.05, 4.69) is 6.92 Å². The van der Waals surface area contributed by atoms with Crippen LogP contribution in [0.2, 0.25) is 19.6 Å². The van der Waals surface area contributed by atoms with Gasteiger partial charge in [-0.25, -0.2) is 8.78 Å². The van der Waals surface area contributed by atoms with E-state index >= 15 is 0 Å². The molecular weight excluding hydrogens is 482 g/mol. The molecule has 1 aromatic heterocycles. The number of fused-ring (bicyclic) bond motifs is 1. The molecular formula is C27H34F2N2O4Si. The molecule has 0 saturated carbocycles. The van der Waals surface area contributed by atoms with Crippen LogP contribution in [0.15, 0.2) is 24.3 Å². The molecule has 1 aliphatic rings. The predicted octanol–water partition coefficient (Wildman–Crippen LogP) is 4.35. The molecule has 9 heteroatoms. The Hall–Kier alpha value is -2.94. The first kappa shape index (κ1) is 27.6. The van der Waals surface area contributed by atoms with Gasteiger partial charge in [-0.05, 0) is 36.6 Å². The second-order valence-electron chi connectivity index (χ2n) is 10.4. The number of hydrogen-bond donors (Lipinski definition) is 1. The van der Waals surface area contributed by atoms with E-state index in [-0.39, 0.29) is 54.7 Å². The molecule has 0 spiro atoms. The molecule has 0 unspecified atom stereocenters. The third-order valence-corrected chi connectivity index (χ3v) is 8.38. The van der Waals surface area contributed by atoms with Gasteiger partial charge in [0.05, 0.1) is 8.07 Å². The number of carbonyl (C=O) groups is 3. The van der Waals surface area contributed by atoms with Gasteiger partial charge in [0.1, 0.15) is 17.7 Å². The van der Waals surface area contributed by atoms with Crippen LogP contribution in [0.1, 0.15) is 61.2 Å². The van der Waals surface area contributed by atoms with Crippen LogP contribution in [0.4, 0.5) is 8.78 Å². The van der Waals surface area contributed by atoms with Gasteiger partial charge in [0.15, 0.2) is 5.78 Å². The summed E-state index contributed by atoms with van der Waals surface area (Å²) >= 11 is 0. The number of pyridine rings is 1. The fourth-order valence-corrected chi connectivity index (χ4v) is 6.39. The molecule has 194 valence electrons. The summed E-state index contributed by atoms with van der Waals surface area (Å²) in [5, 5.41) is 9.01. The number of aryl methyl sites for hydroxylation is 1.